The smallest absolute Gasteiger partial charge is 0.0570 e. The van der Waals surface area contributed by atoms with Crippen molar-refractivity contribution < 1.29 is 10.6 Å². The van der Waals surface area contributed by atoms with Crippen LogP contribution >= 0.6 is 0 Å². The lowest BCUT2D eigenvalue weighted by Crippen LogP contribution is -2.41. The monoisotopic (exact) mass is 145 g/mol. The number of rotatable bonds is 0. The van der Waals surface area contributed by atoms with E-state index in [1.807, 2.05) is 0 Å². The van der Waals surface area contributed by atoms with Gasteiger partial charge >= 0.3 is 0 Å². The largest absolute Gasteiger partial charge is 0.393 e. The third-order valence-corrected chi connectivity index (χ3v) is 2.40. The molecule has 2 bridgehead atoms. The Balaban J connectivity index is 2.42. The first-order valence-electron chi connectivity index (χ1n) is 5.69. The van der Waals surface area contributed by atoms with E-state index in [9.17, 15) is 5.11 Å². The summed E-state index contributed by atoms with van der Waals surface area (Å²) in [7, 11) is 1.74. The summed E-state index contributed by atoms with van der Waals surface area (Å²) < 4.78 is 30.9. The first-order chi connectivity index (χ1) is 6.29. The van der Waals surface area contributed by atoms with Gasteiger partial charge < -0.3 is 10.0 Å². The fourth-order valence-corrected chi connectivity index (χ4v) is 1.75. The highest BCUT2D eigenvalue weighted by molar-refractivity contribution is 4.93. The molecule has 0 spiro atoms. The number of aliphatic hydroxyl groups excluding tert-OH is 1. The summed E-state index contributed by atoms with van der Waals surface area (Å²) in [4.78, 5) is 1.74. The van der Waals surface area contributed by atoms with Crippen molar-refractivity contribution in [1.82, 2.24) is 4.90 Å². The summed E-state index contributed by atoms with van der Waals surface area (Å²) in [6.07, 6.45) is -3.94. The van der Waals surface area contributed by atoms with Gasteiger partial charge in [0, 0.05) is 17.6 Å². The molecule has 2 nitrogen and oxygen atoms in total. The summed E-state index contributed by atoms with van der Waals surface area (Å²) >= 11 is 0. The van der Waals surface area contributed by atoms with Gasteiger partial charge in [0.2, 0.25) is 0 Å². The number of hydrogen-bond donors (Lipinski definition) is 1. The predicted octanol–water partition coefficient (Wildman–Crippen LogP) is 0.604. The molecule has 1 unspecified atom stereocenters. The highest BCUT2D eigenvalue weighted by Gasteiger charge is 2.37. The minimum Gasteiger partial charge on any atom is -0.393 e. The lowest BCUT2D eigenvalue weighted by Gasteiger charge is -2.33. The molecule has 2 heterocycles. The van der Waals surface area contributed by atoms with Crippen LogP contribution in [0.15, 0.2) is 0 Å². The molecule has 10 heavy (non-hydrogen) atoms. The fraction of sp³-hybridized carbons (Fsp3) is 1.00. The average Bonchev–Trinajstić information content (AvgIpc) is 2.42. The molecule has 0 aromatic heterocycles. The minimum atomic E-state index is -1.84. The molecule has 0 aliphatic carbocycles. The van der Waals surface area contributed by atoms with Crippen LogP contribution in [0.3, 0.4) is 0 Å². The zero-order valence-electron chi connectivity index (χ0n) is 10.0. The Labute approximate surface area is 67.5 Å². The minimum absolute atomic E-state index is 0.341. The fourth-order valence-electron chi connectivity index (χ4n) is 1.75. The van der Waals surface area contributed by atoms with E-state index in [1.165, 1.54) is 0 Å². The molecular formula is C8H15NO. The molecule has 2 aliphatic rings. The summed E-state index contributed by atoms with van der Waals surface area (Å²) in [5.41, 5.74) is 0. The van der Waals surface area contributed by atoms with Gasteiger partial charge in [0.05, 0.1) is 6.10 Å². The first-order valence-corrected chi connectivity index (χ1v) is 3.69. The molecular weight excluding hydrogens is 126 g/mol. The molecule has 0 amide bonds. The van der Waals surface area contributed by atoms with Crippen LogP contribution in [-0.4, -0.2) is 35.2 Å². The number of nitrogens with zero attached hydrogens (tertiary/aromatic N) is 1. The van der Waals surface area contributed by atoms with Crippen molar-refractivity contribution in [3.63, 3.8) is 0 Å². The molecule has 0 aromatic rings. The van der Waals surface area contributed by atoms with Crippen molar-refractivity contribution in [3.05, 3.63) is 0 Å². The number of aliphatic hydroxyl groups is 1. The van der Waals surface area contributed by atoms with E-state index in [-0.39, 0.29) is 12.1 Å². The summed E-state index contributed by atoms with van der Waals surface area (Å²) in [6, 6.07) is -0.683. The standard InChI is InChI=1S/C8H15NO/c1-9-6-2-3-7(9)5-8(10)4-6/h6-8,10H,2-5H2,1H3/t6-,7+,8?/i4D2,5D2. The molecule has 2 fully saturated rings. The predicted molar refractivity (Wildman–Crippen MR) is 39.8 cm³/mol. The van der Waals surface area contributed by atoms with Crippen LogP contribution < -0.4 is 0 Å². The van der Waals surface area contributed by atoms with Gasteiger partial charge in [-0.15, -0.1) is 0 Å². The second-order valence-corrected chi connectivity index (χ2v) is 3.01. The SMILES string of the molecule is [2H]C1([2H])C(O)C([2H])([2H])[C@H]2CC[C@@H]1N2C. The van der Waals surface area contributed by atoms with Crippen LogP contribution in [0, 0.1) is 0 Å². The Morgan fingerprint density at radius 1 is 1.40 bits per heavy atom. The Hall–Kier alpha value is -0.0800. The van der Waals surface area contributed by atoms with Crippen LogP contribution in [0.5, 0.6) is 0 Å². The van der Waals surface area contributed by atoms with Crippen molar-refractivity contribution in [2.75, 3.05) is 7.05 Å². The van der Waals surface area contributed by atoms with E-state index in [0.717, 1.165) is 0 Å². The number of hydrogen-bond acceptors (Lipinski definition) is 2. The summed E-state index contributed by atoms with van der Waals surface area (Å²) in [5.74, 6) is 0. The van der Waals surface area contributed by atoms with Crippen molar-refractivity contribution in [2.45, 2.75) is 43.8 Å². The van der Waals surface area contributed by atoms with E-state index in [4.69, 9.17) is 5.48 Å². The maximum Gasteiger partial charge on any atom is 0.0570 e. The number of fused-ring (bicyclic) bond motifs is 2. The Morgan fingerprint density at radius 3 is 2.40 bits per heavy atom. The quantitative estimate of drug-likeness (QED) is 0.539. The van der Waals surface area contributed by atoms with Gasteiger partial charge in [-0.25, -0.2) is 0 Å². The Bertz CT molecular complexity index is 234. The Kier molecular flexibility index (Phi) is 0.783. The lowest BCUT2D eigenvalue weighted by atomic mass is 10.0. The van der Waals surface area contributed by atoms with E-state index in [1.54, 1.807) is 11.9 Å². The van der Waals surface area contributed by atoms with Crippen LogP contribution in [0.1, 0.15) is 31.1 Å². The van der Waals surface area contributed by atoms with Crippen molar-refractivity contribution in [1.29, 1.82) is 0 Å². The van der Waals surface area contributed by atoms with Crippen LogP contribution in [-0.2, 0) is 0 Å². The molecule has 1 N–H and O–H groups in total. The van der Waals surface area contributed by atoms with E-state index in [2.05, 4.69) is 0 Å². The Morgan fingerprint density at radius 2 is 1.90 bits per heavy atom. The third-order valence-electron chi connectivity index (χ3n) is 2.40. The molecule has 2 aliphatic heterocycles. The van der Waals surface area contributed by atoms with Gasteiger partial charge in [0.25, 0.3) is 0 Å². The van der Waals surface area contributed by atoms with Gasteiger partial charge in [-0.1, -0.05) is 0 Å². The van der Waals surface area contributed by atoms with E-state index in [0.29, 0.717) is 12.8 Å². The lowest BCUT2D eigenvalue weighted by molar-refractivity contribution is 0.0503. The molecule has 2 heteroatoms. The molecule has 0 aromatic carbocycles. The van der Waals surface area contributed by atoms with Crippen molar-refractivity contribution in [2.24, 2.45) is 0 Å². The maximum atomic E-state index is 9.69. The van der Waals surface area contributed by atoms with Crippen LogP contribution in [0.25, 0.3) is 0 Å². The van der Waals surface area contributed by atoms with Gasteiger partial charge in [0.1, 0.15) is 0 Å². The first kappa shape index (κ1) is 3.55. The zero-order valence-corrected chi connectivity index (χ0v) is 6.04. The van der Waals surface area contributed by atoms with Crippen LogP contribution in [0.4, 0.5) is 0 Å². The molecule has 58 valence electrons. The van der Waals surface area contributed by atoms with Crippen molar-refractivity contribution in [3.8, 4) is 0 Å². The van der Waals surface area contributed by atoms with E-state index < -0.39 is 18.8 Å². The van der Waals surface area contributed by atoms with Gasteiger partial charge in [-0.3, -0.25) is 0 Å². The normalized spacial score (nSPS) is 64.0. The van der Waals surface area contributed by atoms with Crippen LogP contribution in [0.2, 0.25) is 0 Å². The average molecular weight is 145 g/mol. The molecule has 0 saturated carbocycles. The zero-order chi connectivity index (χ0) is 10.7. The summed E-state index contributed by atoms with van der Waals surface area (Å²) in [5, 5.41) is 9.69. The maximum absolute atomic E-state index is 9.69. The molecule has 2 saturated heterocycles. The highest BCUT2D eigenvalue weighted by Crippen LogP contribution is 2.33. The molecule has 3 atom stereocenters. The second kappa shape index (κ2) is 2.21. The molecule has 2 rings (SSSR count). The van der Waals surface area contributed by atoms with E-state index >= 15 is 0 Å². The number of piperidine rings is 1. The van der Waals surface area contributed by atoms with Gasteiger partial charge in [-0.05, 0) is 32.6 Å². The third kappa shape index (κ3) is 0.867. The summed E-state index contributed by atoms with van der Waals surface area (Å²) in [6.45, 7) is 0. The van der Waals surface area contributed by atoms with Crippen molar-refractivity contribution >= 4 is 0 Å². The van der Waals surface area contributed by atoms with Gasteiger partial charge in [-0.2, -0.15) is 0 Å². The highest BCUT2D eigenvalue weighted by atomic mass is 16.3. The topological polar surface area (TPSA) is 23.5 Å². The molecule has 0 radical (unpaired) electrons. The van der Waals surface area contributed by atoms with Gasteiger partial charge in [0.15, 0.2) is 0 Å². The second-order valence-electron chi connectivity index (χ2n) is 3.01.